The molecule has 2 nitrogen and oxygen atoms in total. The monoisotopic (exact) mass is 127 g/mol. The van der Waals surface area contributed by atoms with E-state index in [1.165, 1.54) is 0 Å². The topological polar surface area (TPSA) is 20.3 Å². The summed E-state index contributed by atoms with van der Waals surface area (Å²) in [4.78, 5) is 0. The van der Waals surface area contributed by atoms with Crippen LogP contribution in [0.2, 0.25) is 0 Å². The maximum absolute atomic E-state index is 9.53. The molecule has 0 N–H and O–H groups in total. The highest BCUT2D eigenvalue weighted by Gasteiger charge is 1.73. The van der Waals surface area contributed by atoms with Gasteiger partial charge in [-0.25, -0.2) is 4.67 Å². The van der Waals surface area contributed by atoms with Gasteiger partial charge >= 0.3 is 0 Å². The lowest BCUT2D eigenvalue weighted by atomic mass is 11.3. The second kappa shape index (κ2) is 5.35. The minimum absolute atomic E-state index is 0. The van der Waals surface area contributed by atoms with E-state index in [1.807, 2.05) is 0 Å². The molecular formula is C2H7ClNOP. The summed E-state index contributed by atoms with van der Waals surface area (Å²) >= 11 is 0. The highest BCUT2D eigenvalue weighted by molar-refractivity contribution is 7.20. The molecule has 0 unspecified atom stereocenters. The third-order valence-electron chi connectivity index (χ3n) is 0.163. The summed E-state index contributed by atoms with van der Waals surface area (Å²) < 4.78 is 11.1. The van der Waals surface area contributed by atoms with Crippen LogP contribution in [0.15, 0.2) is 0 Å². The van der Waals surface area contributed by atoms with Gasteiger partial charge in [-0.15, -0.1) is 12.4 Å². The molecule has 0 radical (unpaired) electrons. The average molecular weight is 128 g/mol. The first-order valence-corrected chi connectivity index (χ1v) is 2.04. The van der Waals surface area contributed by atoms with Gasteiger partial charge in [-0.1, -0.05) is 0 Å². The van der Waals surface area contributed by atoms with Gasteiger partial charge in [-0.2, -0.15) is 0 Å². The SMILES string of the molecule is CN(C)P=O.Cl. The van der Waals surface area contributed by atoms with Crippen LogP contribution >= 0.6 is 21.0 Å². The maximum Gasteiger partial charge on any atom is 0.248 e. The van der Waals surface area contributed by atoms with Gasteiger partial charge in [0.25, 0.3) is 0 Å². The van der Waals surface area contributed by atoms with Crippen LogP contribution in [0.4, 0.5) is 0 Å². The number of nitrogens with zero attached hydrogens (tertiary/aromatic N) is 1. The first-order valence-electron chi connectivity index (χ1n) is 1.28. The number of halogens is 1. The number of hydrogen-bond donors (Lipinski definition) is 0. The van der Waals surface area contributed by atoms with E-state index in [1.54, 1.807) is 18.8 Å². The molecule has 0 bridgehead atoms. The fourth-order valence-electron chi connectivity index (χ4n) is 0. The van der Waals surface area contributed by atoms with E-state index < -0.39 is 0 Å². The molecule has 0 aromatic carbocycles. The molecule has 0 aliphatic heterocycles. The van der Waals surface area contributed by atoms with Crippen molar-refractivity contribution in [2.45, 2.75) is 0 Å². The Morgan fingerprint density at radius 2 is 1.67 bits per heavy atom. The van der Waals surface area contributed by atoms with Crippen molar-refractivity contribution in [2.75, 3.05) is 14.1 Å². The van der Waals surface area contributed by atoms with Crippen molar-refractivity contribution in [3.63, 3.8) is 0 Å². The molecule has 0 aromatic rings. The van der Waals surface area contributed by atoms with Gasteiger partial charge in [0.15, 0.2) is 0 Å². The quantitative estimate of drug-likeness (QED) is 0.493. The zero-order chi connectivity index (χ0) is 4.28. The fourth-order valence-corrected chi connectivity index (χ4v) is 0. The first-order chi connectivity index (χ1) is 2.27. The molecule has 0 saturated heterocycles. The van der Waals surface area contributed by atoms with Gasteiger partial charge in [0.05, 0.1) is 0 Å². The lowest BCUT2D eigenvalue weighted by Crippen LogP contribution is -1.90. The molecule has 0 amide bonds. The van der Waals surface area contributed by atoms with Crippen molar-refractivity contribution in [3.05, 3.63) is 0 Å². The standard InChI is InChI=1S/C2H6NOP.ClH/c1-3(2)5-4;/h1-2H3;1H. The van der Waals surface area contributed by atoms with Crippen molar-refractivity contribution in [2.24, 2.45) is 0 Å². The molecule has 0 spiro atoms. The Morgan fingerprint density at radius 1 is 1.50 bits per heavy atom. The fraction of sp³-hybridized carbons (Fsp3) is 1.00. The third-order valence-corrected chi connectivity index (χ3v) is 0.490. The Labute approximate surface area is 45.2 Å². The Kier molecular flexibility index (Phi) is 8.56. The highest BCUT2D eigenvalue weighted by atomic mass is 35.5. The van der Waals surface area contributed by atoms with Crippen LogP contribution in [0, 0.1) is 0 Å². The average Bonchev–Trinajstić information content (AvgIpc) is 1.38. The molecule has 0 saturated carbocycles. The summed E-state index contributed by atoms with van der Waals surface area (Å²) in [6.45, 7) is 0. The molecule has 38 valence electrons. The lowest BCUT2D eigenvalue weighted by molar-refractivity contribution is 0.552. The molecule has 0 aliphatic rings. The highest BCUT2D eigenvalue weighted by Crippen LogP contribution is 1.90. The maximum atomic E-state index is 9.53. The molecule has 6 heavy (non-hydrogen) atoms. The van der Waals surface area contributed by atoms with Gasteiger partial charge in [-0.3, -0.25) is 4.57 Å². The summed E-state index contributed by atoms with van der Waals surface area (Å²) in [5.41, 5.74) is 0. The normalized spacial score (nSPS) is 8.50. The van der Waals surface area contributed by atoms with E-state index in [9.17, 15) is 4.57 Å². The minimum Gasteiger partial charge on any atom is -0.256 e. The molecule has 0 heterocycles. The molecule has 0 rings (SSSR count). The molecular weight excluding hydrogens is 120 g/mol. The van der Waals surface area contributed by atoms with Gasteiger partial charge in [0, 0.05) is 0 Å². The molecule has 0 aliphatic carbocycles. The summed E-state index contributed by atoms with van der Waals surface area (Å²) in [7, 11) is 3.54. The first kappa shape index (κ1) is 9.61. The van der Waals surface area contributed by atoms with E-state index in [-0.39, 0.29) is 21.0 Å². The van der Waals surface area contributed by atoms with Crippen LogP contribution in [0.3, 0.4) is 0 Å². The molecule has 0 aromatic heterocycles. The van der Waals surface area contributed by atoms with E-state index in [2.05, 4.69) is 0 Å². The predicted molar refractivity (Wildman–Crippen MR) is 28.5 cm³/mol. The van der Waals surface area contributed by atoms with Crippen LogP contribution in [0.25, 0.3) is 0 Å². The molecule has 0 fully saturated rings. The van der Waals surface area contributed by atoms with Crippen molar-refractivity contribution < 1.29 is 4.57 Å². The molecule has 0 atom stereocenters. The van der Waals surface area contributed by atoms with Gasteiger partial charge < -0.3 is 0 Å². The zero-order valence-corrected chi connectivity index (χ0v) is 5.42. The zero-order valence-electron chi connectivity index (χ0n) is 3.71. The summed E-state index contributed by atoms with van der Waals surface area (Å²) in [6.07, 6.45) is 0. The summed E-state index contributed by atoms with van der Waals surface area (Å²) in [6, 6.07) is 0. The summed E-state index contributed by atoms with van der Waals surface area (Å²) in [5, 5.41) is 0. The Balaban J connectivity index is 0. The van der Waals surface area contributed by atoms with E-state index in [0.717, 1.165) is 0 Å². The second-order valence-electron chi connectivity index (χ2n) is 0.929. The van der Waals surface area contributed by atoms with Crippen LogP contribution in [0.5, 0.6) is 0 Å². The van der Waals surface area contributed by atoms with Crippen molar-refractivity contribution >= 4 is 21.0 Å². The summed E-state index contributed by atoms with van der Waals surface area (Å²) in [5.74, 6) is 0. The predicted octanol–water partition coefficient (Wildman–Crippen LogP) is 1.18. The smallest absolute Gasteiger partial charge is 0.248 e. The lowest BCUT2D eigenvalue weighted by Gasteiger charge is -1.86. The Morgan fingerprint density at radius 3 is 1.67 bits per heavy atom. The Hall–Kier alpha value is 0.350. The van der Waals surface area contributed by atoms with E-state index >= 15 is 0 Å². The van der Waals surface area contributed by atoms with Crippen molar-refractivity contribution in [1.82, 2.24) is 4.67 Å². The third kappa shape index (κ3) is 8.84. The van der Waals surface area contributed by atoms with Gasteiger partial charge in [0.2, 0.25) is 8.61 Å². The van der Waals surface area contributed by atoms with Crippen LogP contribution in [-0.4, -0.2) is 18.8 Å². The number of hydrogen-bond acceptors (Lipinski definition) is 1. The van der Waals surface area contributed by atoms with Crippen molar-refractivity contribution in [3.8, 4) is 0 Å². The van der Waals surface area contributed by atoms with Crippen molar-refractivity contribution in [1.29, 1.82) is 0 Å². The minimum atomic E-state index is 0. The van der Waals surface area contributed by atoms with Crippen LogP contribution in [-0.2, 0) is 4.57 Å². The van der Waals surface area contributed by atoms with Gasteiger partial charge in [0.1, 0.15) is 0 Å². The number of rotatable bonds is 1. The van der Waals surface area contributed by atoms with E-state index in [4.69, 9.17) is 0 Å². The Bertz CT molecular complexity index is 40.5. The molecule has 4 heteroatoms. The largest absolute Gasteiger partial charge is 0.256 e. The van der Waals surface area contributed by atoms with Gasteiger partial charge in [-0.05, 0) is 14.1 Å². The van der Waals surface area contributed by atoms with E-state index in [0.29, 0.717) is 0 Å². The second-order valence-corrected chi connectivity index (χ2v) is 1.89. The van der Waals surface area contributed by atoms with Crippen LogP contribution < -0.4 is 0 Å². The van der Waals surface area contributed by atoms with Crippen LogP contribution in [0.1, 0.15) is 0 Å².